The van der Waals surface area contributed by atoms with E-state index in [1.807, 2.05) is 17.1 Å². The number of rotatable bonds is 3. The highest BCUT2D eigenvalue weighted by Gasteiger charge is 2.06. The van der Waals surface area contributed by atoms with Gasteiger partial charge in [-0.2, -0.15) is 5.26 Å². The van der Waals surface area contributed by atoms with E-state index in [0.717, 1.165) is 5.69 Å². The zero-order chi connectivity index (χ0) is 12.1. The summed E-state index contributed by atoms with van der Waals surface area (Å²) in [5.74, 6) is 2.57. The van der Waals surface area contributed by atoms with Crippen LogP contribution in [0.4, 0.5) is 5.69 Å². The maximum atomic E-state index is 8.73. The number of anilines is 1. The largest absolute Gasteiger partial charge is 0.267 e. The van der Waals surface area contributed by atoms with Crippen LogP contribution in [0.15, 0.2) is 36.9 Å². The van der Waals surface area contributed by atoms with E-state index in [-0.39, 0.29) is 0 Å². The average molecular weight is 223 g/mol. The van der Waals surface area contributed by atoms with Gasteiger partial charge >= 0.3 is 0 Å². The Morgan fingerprint density at radius 2 is 1.88 bits per heavy atom. The molecule has 1 heterocycles. The Morgan fingerprint density at radius 1 is 1.24 bits per heavy atom. The third-order valence-corrected chi connectivity index (χ3v) is 2.22. The molecule has 0 spiro atoms. The lowest BCUT2D eigenvalue weighted by molar-refractivity contribution is 0.739. The van der Waals surface area contributed by atoms with Gasteiger partial charge in [-0.1, -0.05) is 5.92 Å². The lowest BCUT2D eigenvalue weighted by atomic mass is 10.2. The summed E-state index contributed by atoms with van der Waals surface area (Å²) in [6.07, 6.45) is 8.46. The molecule has 0 atom stereocenters. The van der Waals surface area contributed by atoms with Crippen molar-refractivity contribution in [3.63, 3.8) is 0 Å². The molecule has 0 fully saturated rings. The fraction of sp³-hybridized carbons (Fsp3) is 0.0833. The normalized spacial score (nSPS) is 9.29. The van der Waals surface area contributed by atoms with Crippen molar-refractivity contribution in [3.05, 3.63) is 42.5 Å². The summed E-state index contributed by atoms with van der Waals surface area (Å²) in [4.78, 5) is 0. The molecule has 0 N–H and O–H groups in total. The highest BCUT2D eigenvalue weighted by atomic mass is 15.6. The zero-order valence-corrected chi connectivity index (χ0v) is 8.98. The molecule has 0 amide bonds. The van der Waals surface area contributed by atoms with Gasteiger partial charge in [-0.05, 0) is 24.3 Å². The molecule has 0 saturated heterocycles. The maximum absolute atomic E-state index is 8.73. The molecule has 0 radical (unpaired) electrons. The monoisotopic (exact) mass is 223 g/mol. The van der Waals surface area contributed by atoms with Crippen LogP contribution in [0.5, 0.6) is 0 Å². The van der Waals surface area contributed by atoms with Crippen LogP contribution in [0.1, 0.15) is 5.56 Å². The fourth-order valence-corrected chi connectivity index (χ4v) is 1.42. The lowest BCUT2D eigenvalue weighted by Crippen LogP contribution is -2.28. The molecule has 5 heteroatoms. The van der Waals surface area contributed by atoms with Gasteiger partial charge in [-0.25, -0.2) is 4.68 Å². The molecule has 1 aromatic carbocycles. The standard InChI is InChI=1S/C12H9N5/c1-2-7-17(16-9-14-15-10-16)12-5-3-11(8-13)4-6-12/h1,3-6,9-10H,7H2. The van der Waals surface area contributed by atoms with Gasteiger partial charge in [0.25, 0.3) is 0 Å². The highest BCUT2D eigenvalue weighted by Crippen LogP contribution is 2.15. The first kappa shape index (κ1) is 10.7. The van der Waals surface area contributed by atoms with Gasteiger partial charge in [0.15, 0.2) is 0 Å². The van der Waals surface area contributed by atoms with Crippen molar-refractivity contribution in [2.24, 2.45) is 0 Å². The van der Waals surface area contributed by atoms with Crippen LogP contribution in [0.3, 0.4) is 0 Å². The molecule has 17 heavy (non-hydrogen) atoms. The first-order chi connectivity index (χ1) is 8.35. The lowest BCUT2D eigenvalue weighted by Gasteiger charge is -2.22. The van der Waals surface area contributed by atoms with Crippen molar-refractivity contribution in [2.45, 2.75) is 0 Å². The molecule has 2 aromatic rings. The number of terminal acetylenes is 1. The van der Waals surface area contributed by atoms with Gasteiger partial charge in [-0.15, -0.1) is 16.6 Å². The van der Waals surface area contributed by atoms with Gasteiger partial charge < -0.3 is 0 Å². The van der Waals surface area contributed by atoms with E-state index >= 15 is 0 Å². The molecule has 82 valence electrons. The maximum Gasteiger partial charge on any atom is 0.139 e. The second-order valence-corrected chi connectivity index (χ2v) is 3.26. The van der Waals surface area contributed by atoms with Crippen molar-refractivity contribution in [1.29, 1.82) is 5.26 Å². The highest BCUT2D eigenvalue weighted by molar-refractivity contribution is 5.50. The summed E-state index contributed by atoms with van der Waals surface area (Å²) < 4.78 is 1.70. The smallest absolute Gasteiger partial charge is 0.139 e. The first-order valence-electron chi connectivity index (χ1n) is 4.91. The number of aromatic nitrogens is 3. The number of hydrogen-bond donors (Lipinski definition) is 0. The van der Waals surface area contributed by atoms with Crippen LogP contribution in [0, 0.1) is 23.7 Å². The van der Waals surface area contributed by atoms with E-state index in [9.17, 15) is 0 Å². The molecule has 0 aliphatic heterocycles. The minimum Gasteiger partial charge on any atom is -0.267 e. The molecule has 0 saturated carbocycles. The molecule has 0 aliphatic rings. The Bertz CT molecular complexity index is 556. The van der Waals surface area contributed by atoms with E-state index in [2.05, 4.69) is 22.2 Å². The summed E-state index contributed by atoms with van der Waals surface area (Å²) >= 11 is 0. The van der Waals surface area contributed by atoms with Crippen LogP contribution in [0.2, 0.25) is 0 Å². The second kappa shape index (κ2) is 4.82. The Labute approximate surface area is 98.9 Å². The van der Waals surface area contributed by atoms with Crippen molar-refractivity contribution in [3.8, 4) is 18.4 Å². The van der Waals surface area contributed by atoms with Crippen molar-refractivity contribution < 1.29 is 0 Å². The summed E-state index contributed by atoms with van der Waals surface area (Å²) in [5.41, 5.74) is 1.49. The third-order valence-electron chi connectivity index (χ3n) is 2.22. The third kappa shape index (κ3) is 2.24. The zero-order valence-electron chi connectivity index (χ0n) is 8.98. The molecular formula is C12H9N5. The quantitative estimate of drug-likeness (QED) is 0.730. The van der Waals surface area contributed by atoms with Gasteiger partial charge in [0.05, 0.1) is 17.3 Å². The molecule has 5 nitrogen and oxygen atoms in total. The van der Waals surface area contributed by atoms with E-state index in [4.69, 9.17) is 11.7 Å². The van der Waals surface area contributed by atoms with E-state index in [1.54, 1.807) is 29.5 Å². The van der Waals surface area contributed by atoms with Crippen LogP contribution < -0.4 is 5.01 Å². The number of nitriles is 1. The average Bonchev–Trinajstić information content (AvgIpc) is 2.90. The predicted octanol–water partition coefficient (Wildman–Crippen LogP) is 1.05. The van der Waals surface area contributed by atoms with Crippen molar-refractivity contribution >= 4 is 5.69 Å². The molecule has 1 aromatic heterocycles. The molecular weight excluding hydrogens is 214 g/mol. The van der Waals surface area contributed by atoms with Gasteiger partial charge in [-0.3, -0.25) is 5.01 Å². The molecule has 0 unspecified atom stereocenters. The molecule has 0 aliphatic carbocycles. The predicted molar refractivity (Wildman–Crippen MR) is 62.8 cm³/mol. The van der Waals surface area contributed by atoms with Gasteiger partial charge in [0, 0.05) is 0 Å². The Kier molecular flexibility index (Phi) is 3.04. The number of hydrogen-bond acceptors (Lipinski definition) is 4. The van der Waals surface area contributed by atoms with E-state index in [0.29, 0.717) is 12.1 Å². The van der Waals surface area contributed by atoms with Gasteiger partial charge in [0.1, 0.15) is 19.2 Å². The second-order valence-electron chi connectivity index (χ2n) is 3.26. The Hall–Kier alpha value is -2.79. The summed E-state index contributed by atoms with van der Waals surface area (Å²) in [6, 6.07) is 9.21. The van der Waals surface area contributed by atoms with Crippen molar-refractivity contribution in [1.82, 2.24) is 14.9 Å². The summed E-state index contributed by atoms with van der Waals surface area (Å²) in [5, 5.41) is 18.0. The van der Waals surface area contributed by atoms with Crippen LogP contribution >= 0.6 is 0 Å². The van der Waals surface area contributed by atoms with E-state index < -0.39 is 0 Å². The van der Waals surface area contributed by atoms with Crippen LogP contribution in [-0.4, -0.2) is 21.4 Å². The van der Waals surface area contributed by atoms with Crippen LogP contribution in [0.25, 0.3) is 0 Å². The number of benzene rings is 1. The fourth-order valence-electron chi connectivity index (χ4n) is 1.42. The van der Waals surface area contributed by atoms with Crippen molar-refractivity contribution in [2.75, 3.05) is 11.6 Å². The summed E-state index contributed by atoms with van der Waals surface area (Å²) in [6.45, 7) is 0.393. The molecule has 2 rings (SSSR count). The molecule has 0 bridgehead atoms. The topological polar surface area (TPSA) is 57.7 Å². The first-order valence-corrected chi connectivity index (χ1v) is 4.91. The Morgan fingerprint density at radius 3 is 2.41 bits per heavy atom. The SMILES string of the molecule is C#CCN(c1ccc(C#N)cc1)n1cnnc1. The van der Waals surface area contributed by atoms with E-state index in [1.165, 1.54) is 0 Å². The Balaban J connectivity index is 2.34. The number of nitrogens with zero attached hydrogens (tertiary/aromatic N) is 5. The summed E-state index contributed by atoms with van der Waals surface area (Å²) in [7, 11) is 0. The van der Waals surface area contributed by atoms with Crippen LogP contribution in [-0.2, 0) is 0 Å². The minimum absolute atomic E-state index is 0.393. The minimum atomic E-state index is 0.393. The van der Waals surface area contributed by atoms with Gasteiger partial charge in [0.2, 0.25) is 0 Å².